The van der Waals surface area contributed by atoms with Crippen LogP contribution in [0.1, 0.15) is 11.3 Å². The summed E-state index contributed by atoms with van der Waals surface area (Å²) < 4.78 is 5.10. The number of nitrogens with zero attached hydrogens (tertiary/aromatic N) is 2. The van der Waals surface area contributed by atoms with Crippen LogP contribution >= 0.6 is 11.3 Å². The molecule has 2 rings (SSSR count). The monoisotopic (exact) mass is 342 g/mol. The standard InChI is InChI=1S/C17H18N4O2S/c1-12-11-24-17(21-12)20-10-14(9-18)16(22)19-8-7-13-3-5-15(23-2)6-4-13/h3-6,10-11H,7-8H2,1-2H3,(H,19,22)(H,20,21)/b14-10-. The van der Waals surface area contributed by atoms with E-state index in [0.717, 1.165) is 17.0 Å². The Morgan fingerprint density at radius 2 is 2.17 bits per heavy atom. The summed E-state index contributed by atoms with van der Waals surface area (Å²) in [7, 11) is 1.62. The number of carbonyl (C=O) groups excluding carboxylic acids is 1. The Kier molecular flexibility index (Phi) is 6.34. The fraction of sp³-hybridized carbons (Fsp3) is 0.235. The van der Waals surface area contributed by atoms with Gasteiger partial charge in [-0.2, -0.15) is 5.26 Å². The van der Waals surface area contributed by atoms with Crippen LogP contribution in [0, 0.1) is 18.3 Å². The first-order valence-corrected chi connectivity index (χ1v) is 8.20. The van der Waals surface area contributed by atoms with Crippen molar-refractivity contribution < 1.29 is 9.53 Å². The Morgan fingerprint density at radius 3 is 2.75 bits per heavy atom. The molecule has 0 radical (unpaired) electrons. The quantitative estimate of drug-likeness (QED) is 0.597. The smallest absolute Gasteiger partial charge is 0.263 e. The zero-order valence-corrected chi connectivity index (χ0v) is 14.3. The first-order valence-electron chi connectivity index (χ1n) is 7.32. The van der Waals surface area contributed by atoms with Crippen LogP contribution in [0.5, 0.6) is 5.75 Å². The van der Waals surface area contributed by atoms with Gasteiger partial charge in [-0.25, -0.2) is 4.98 Å². The van der Waals surface area contributed by atoms with Crippen molar-refractivity contribution in [2.75, 3.05) is 19.0 Å². The molecule has 6 nitrogen and oxygen atoms in total. The van der Waals surface area contributed by atoms with Gasteiger partial charge in [-0.15, -0.1) is 11.3 Å². The summed E-state index contributed by atoms with van der Waals surface area (Å²) in [6.45, 7) is 2.32. The minimum absolute atomic E-state index is 0.0117. The summed E-state index contributed by atoms with van der Waals surface area (Å²) in [5, 5.41) is 17.2. The molecule has 2 aromatic rings. The number of methoxy groups -OCH3 is 1. The number of amides is 1. The van der Waals surface area contributed by atoms with E-state index >= 15 is 0 Å². The molecule has 1 amide bonds. The highest BCUT2D eigenvalue weighted by Gasteiger charge is 2.08. The number of hydrogen-bond acceptors (Lipinski definition) is 6. The average Bonchev–Trinajstić information content (AvgIpc) is 3.01. The van der Waals surface area contributed by atoms with Gasteiger partial charge >= 0.3 is 0 Å². The normalized spacial score (nSPS) is 10.8. The van der Waals surface area contributed by atoms with E-state index in [2.05, 4.69) is 15.6 Å². The molecule has 0 aliphatic carbocycles. The Hall–Kier alpha value is -2.85. The van der Waals surface area contributed by atoms with E-state index in [9.17, 15) is 4.79 Å². The summed E-state index contributed by atoms with van der Waals surface area (Å²) in [5.41, 5.74) is 1.98. The minimum atomic E-state index is -0.410. The SMILES string of the molecule is COc1ccc(CCNC(=O)/C(C#N)=C\Nc2nc(C)cs2)cc1. The lowest BCUT2D eigenvalue weighted by molar-refractivity contribution is -0.117. The van der Waals surface area contributed by atoms with E-state index in [1.165, 1.54) is 17.5 Å². The minimum Gasteiger partial charge on any atom is -0.497 e. The number of benzene rings is 1. The Labute approximate surface area is 144 Å². The van der Waals surface area contributed by atoms with Gasteiger partial charge in [-0.3, -0.25) is 4.79 Å². The Balaban J connectivity index is 1.84. The van der Waals surface area contributed by atoms with E-state index in [1.54, 1.807) is 7.11 Å². The molecular formula is C17H18N4O2S. The van der Waals surface area contributed by atoms with Gasteiger partial charge < -0.3 is 15.4 Å². The third kappa shape index (κ3) is 5.11. The summed E-state index contributed by atoms with van der Waals surface area (Å²) in [6.07, 6.45) is 2.05. The van der Waals surface area contributed by atoms with Gasteiger partial charge in [-0.05, 0) is 31.0 Å². The second-order valence-electron chi connectivity index (χ2n) is 4.96. The van der Waals surface area contributed by atoms with E-state index in [1.807, 2.05) is 42.6 Å². The molecule has 0 saturated heterocycles. The first kappa shape index (κ1) is 17.5. The van der Waals surface area contributed by atoms with Crippen LogP contribution < -0.4 is 15.4 Å². The number of carbonyl (C=O) groups is 1. The van der Waals surface area contributed by atoms with Crippen molar-refractivity contribution in [2.45, 2.75) is 13.3 Å². The molecule has 1 heterocycles. The molecule has 0 unspecified atom stereocenters. The van der Waals surface area contributed by atoms with Crippen molar-refractivity contribution >= 4 is 22.4 Å². The van der Waals surface area contributed by atoms with Crippen LogP contribution in [0.3, 0.4) is 0 Å². The van der Waals surface area contributed by atoms with Crippen molar-refractivity contribution in [2.24, 2.45) is 0 Å². The number of hydrogen-bond donors (Lipinski definition) is 2. The average molecular weight is 342 g/mol. The summed E-state index contributed by atoms with van der Waals surface area (Å²) in [5.74, 6) is 0.382. The van der Waals surface area contributed by atoms with Gasteiger partial charge in [0.15, 0.2) is 5.13 Å². The molecule has 2 N–H and O–H groups in total. The predicted octanol–water partition coefficient (Wildman–Crippen LogP) is 2.64. The third-order valence-electron chi connectivity index (χ3n) is 3.18. The van der Waals surface area contributed by atoms with E-state index in [0.29, 0.717) is 18.1 Å². The maximum atomic E-state index is 12.0. The van der Waals surface area contributed by atoms with Crippen molar-refractivity contribution in [1.82, 2.24) is 10.3 Å². The molecule has 0 atom stereocenters. The zero-order chi connectivity index (χ0) is 17.4. The fourth-order valence-corrected chi connectivity index (χ4v) is 2.57. The van der Waals surface area contributed by atoms with Gasteiger partial charge in [0.2, 0.25) is 0 Å². The molecule has 1 aromatic heterocycles. The van der Waals surface area contributed by atoms with Crippen molar-refractivity contribution in [3.05, 3.63) is 52.7 Å². The lowest BCUT2D eigenvalue weighted by Crippen LogP contribution is -2.27. The van der Waals surface area contributed by atoms with Crippen LogP contribution in [0.15, 0.2) is 41.4 Å². The predicted molar refractivity (Wildman–Crippen MR) is 93.9 cm³/mol. The number of aromatic nitrogens is 1. The number of aryl methyl sites for hydroxylation is 1. The van der Waals surface area contributed by atoms with Crippen molar-refractivity contribution in [1.29, 1.82) is 5.26 Å². The molecule has 0 aliphatic rings. The molecule has 124 valence electrons. The number of nitriles is 1. The molecule has 0 saturated carbocycles. The highest BCUT2D eigenvalue weighted by molar-refractivity contribution is 7.13. The van der Waals surface area contributed by atoms with Gasteiger partial charge in [-0.1, -0.05) is 12.1 Å². The van der Waals surface area contributed by atoms with Gasteiger partial charge in [0.1, 0.15) is 17.4 Å². The number of ether oxygens (including phenoxy) is 1. The van der Waals surface area contributed by atoms with Crippen molar-refractivity contribution in [3.8, 4) is 11.8 Å². The van der Waals surface area contributed by atoms with E-state index < -0.39 is 5.91 Å². The maximum absolute atomic E-state index is 12.0. The highest BCUT2D eigenvalue weighted by Crippen LogP contribution is 2.14. The molecule has 0 aliphatic heterocycles. The third-order valence-corrected chi connectivity index (χ3v) is 4.07. The number of thiazole rings is 1. The molecule has 7 heteroatoms. The summed E-state index contributed by atoms with van der Waals surface area (Å²) in [4.78, 5) is 16.2. The molecule has 0 fully saturated rings. The van der Waals surface area contributed by atoms with Crippen LogP contribution in [0.2, 0.25) is 0 Å². The van der Waals surface area contributed by atoms with E-state index in [4.69, 9.17) is 10.00 Å². The van der Waals surface area contributed by atoms with Crippen LogP contribution in [-0.2, 0) is 11.2 Å². The van der Waals surface area contributed by atoms with Gasteiger partial charge in [0, 0.05) is 18.1 Å². The largest absolute Gasteiger partial charge is 0.497 e. The molecule has 0 bridgehead atoms. The second kappa shape index (κ2) is 8.70. The van der Waals surface area contributed by atoms with Gasteiger partial charge in [0.25, 0.3) is 5.91 Å². The fourth-order valence-electron chi connectivity index (χ4n) is 1.91. The Bertz CT molecular complexity index is 760. The van der Waals surface area contributed by atoms with Crippen LogP contribution in [-0.4, -0.2) is 24.5 Å². The summed E-state index contributed by atoms with van der Waals surface area (Å²) >= 11 is 1.41. The maximum Gasteiger partial charge on any atom is 0.263 e. The van der Waals surface area contributed by atoms with Crippen molar-refractivity contribution in [3.63, 3.8) is 0 Å². The first-order chi connectivity index (χ1) is 11.6. The number of rotatable bonds is 7. The van der Waals surface area contributed by atoms with Crippen LogP contribution in [0.4, 0.5) is 5.13 Å². The summed E-state index contributed by atoms with van der Waals surface area (Å²) in [6, 6.07) is 9.52. The zero-order valence-electron chi connectivity index (χ0n) is 13.5. The highest BCUT2D eigenvalue weighted by atomic mass is 32.1. The lowest BCUT2D eigenvalue weighted by Gasteiger charge is -2.06. The second-order valence-corrected chi connectivity index (χ2v) is 5.82. The molecule has 1 aromatic carbocycles. The molecule has 24 heavy (non-hydrogen) atoms. The van der Waals surface area contributed by atoms with Gasteiger partial charge in [0.05, 0.1) is 12.8 Å². The topological polar surface area (TPSA) is 87.0 Å². The van der Waals surface area contributed by atoms with E-state index in [-0.39, 0.29) is 5.57 Å². The number of nitrogens with one attached hydrogen (secondary N) is 2. The molecule has 0 spiro atoms. The van der Waals surface area contributed by atoms with Crippen LogP contribution in [0.25, 0.3) is 0 Å². The lowest BCUT2D eigenvalue weighted by atomic mass is 10.1. The molecular weight excluding hydrogens is 324 g/mol. The Morgan fingerprint density at radius 1 is 1.42 bits per heavy atom. The number of anilines is 1.